The number of aliphatic hydroxyl groups is 1. The minimum atomic E-state index is -0.491. The highest BCUT2D eigenvalue weighted by Crippen LogP contribution is 2.12. The topological polar surface area (TPSA) is 154 Å². The Kier molecular flexibility index (Phi) is 13.3. The molecular weight excluding hydrogens is 360 g/mol. The zero-order valence-electron chi connectivity index (χ0n) is 15.5. The number of amides is 1. The van der Waals surface area contributed by atoms with Gasteiger partial charge in [0.1, 0.15) is 12.4 Å². The Morgan fingerprint density at radius 3 is 2.56 bits per heavy atom. The van der Waals surface area contributed by atoms with Crippen LogP contribution in [0.25, 0.3) is 0 Å². The first kappa shape index (κ1) is 24.5. The van der Waals surface area contributed by atoms with E-state index in [-0.39, 0.29) is 31.5 Å². The van der Waals surface area contributed by atoms with Gasteiger partial charge >= 0.3 is 0 Å². The molecule has 1 aliphatic rings. The molecule has 27 heavy (non-hydrogen) atoms. The zero-order valence-corrected chi connectivity index (χ0v) is 15.5. The normalized spacial score (nSPS) is 18.9. The lowest BCUT2D eigenvalue weighted by molar-refractivity contribution is -0.127. The van der Waals surface area contributed by atoms with Gasteiger partial charge in [-0.05, 0) is 6.42 Å². The van der Waals surface area contributed by atoms with Crippen molar-refractivity contribution >= 4 is 18.9 Å². The molecule has 1 aliphatic heterocycles. The van der Waals surface area contributed by atoms with E-state index in [4.69, 9.17) is 24.5 Å². The van der Waals surface area contributed by atoms with Gasteiger partial charge in [0.15, 0.2) is 0 Å². The van der Waals surface area contributed by atoms with Crippen LogP contribution in [0.2, 0.25) is 0 Å². The number of carbonyl (C=O) groups is 3. The summed E-state index contributed by atoms with van der Waals surface area (Å²) in [6.07, 6.45) is 4.76. The van der Waals surface area contributed by atoms with Crippen molar-refractivity contribution < 1.29 is 34.4 Å². The predicted molar refractivity (Wildman–Crippen MR) is 95.2 cm³/mol. The highest BCUT2D eigenvalue weighted by Gasteiger charge is 2.28. The zero-order chi connectivity index (χ0) is 20.7. The number of hydrogen-bond acceptors (Lipinski definition) is 7. The van der Waals surface area contributed by atoms with Crippen molar-refractivity contribution in [1.29, 1.82) is 0 Å². The van der Waals surface area contributed by atoms with Gasteiger partial charge in [-0.2, -0.15) is 0 Å². The maximum atomic E-state index is 11.6. The third kappa shape index (κ3) is 10.3. The van der Waals surface area contributed by atoms with E-state index in [1.165, 1.54) is 7.11 Å². The van der Waals surface area contributed by atoms with Crippen LogP contribution in [-0.2, 0) is 32.6 Å². The SMILES string of the molecule is COCC(=O)N[C@@H]1CN(CCc2nccn2C)CC[C@@H]1O.O=CO.O=CO. The van der Waals surface area contributed by atoms with Gasteiger partial charge in [-0.1, -0.05) is 0 Å². The molecule has 1 saturated heterocycles. The third-order valence-corrected chi connectivity index (χ3v) is 3.85. The number of nitrogens with zero attached hydrogens (tertiary/aromatic N) is 3. The average Bonchev–Trinajstić information content (AvgIpc) is 3.02. The van der Waals surface area contributed by atoms with Crippen molar-refractivity contribution in [3.8, 4) is 0 Å². The predicted octanol–water partition coefficient (Wildman–Crippen LogP) is -1.44. The summed E-state index contributed by atoms with van der Waals surface area (Å²) in [5.41, 5.74) is 0. The molecule has 0 unspecified atom stereocenters. The second-order valence-electron chi connectivity index (χ2n) is 5.68. The minimum Gasteiger partial charge on any atom is -0.483 e. The van der Waals surface area contributed by atoms with Crippen LogP contribution < -0.4 is 5.32 Å². The molecule has 0 aromatic carbocycles. The number of carboxylic acid groups (broad SMARTS) is 2. The molecule has 11 nitrogen and oxygen atoms in total. The molecule has 2 atom stereocenters. The first-order valence-electron chi connectivity index (χ1n) is 8.24. The van der Waals surface area contributed by atoms with E-state index < -0.39 is 6.10 Å². The number of ether oxygens (including phenoxy) is 1. The minimum absolute atomic E-state index is 0.0243. The largest absolute Gasteiger partial charge is 0.483 e. The lowest BCUT2D eigenvalue weighted by Crippen LogP contribution is -2.55. The van der Waals surface area contributed by atoms with Gasteiger partial charge in [0.25, 0.3) is 12.9 Å². The number of aliphatic hydroxyl groups excluding tert-OH is 1. The number of nitrogens with one attached hydrogen (secondary N) is 1. The molecule has 2 heterocycles. The van der Waals surface area contributed by atoms with E-state index in [1.54, 1.807) is 6.20 Å². The van der Waals surface area contributed by atoms with Crippen molar-refractivity contribution in [3.63, 3.8) is 0 Å². The quantitative estimate of drug-likeness (QED) is 0.429. The molecule has 1 aromatic heterocycles. The number of imidazole rings is 1. The van der Waals surface area contributed by atoms with Gasteiger partial charge in [-0.3, -0.25) is 14.4 Å². The highest BCUT2D eigenvalue weighted by atomic mass is 16.5. The summed E-state index contributed by atoms with van der Waals surface area (Å²) < 4.78 is 6.81. The van der Waals surface area contributed by atoms with Crippen LogP contribution in [0.15, 0.2) is 12.4 Å². The molecule has 4 N–H and O–H groups in total. The van der Waals surface area contributed by atoms with Crippen molar-refractivity contribution in [2.75, 3.05) is 33.4 Å². The van der Waals surface area contributed by atoms with E-state index in [1.807, 2.05) is 17.8 Å². The maximum Gasteiger partial charge on any atom is 0.290 e. The van der Waals surface area contributed by atoms with Gasteiger partial charge < -0.3 is 34.8 Å². The highest BCUT2D eigenvalue weighted by molar-refractivity contribution is 5.77. The van der Waals surface area contributed by atoms with E-state index in [0.717, 1.165) is 25.3 Å². The standard InChI is InChI=1S/C14H24N4O3.2CH2O2/c1-17-8-5-15-13(17)4-7-18-6-3-12(19)11(9-18)16-14(20)10-21-2;2*2-1-3/h5,8,11-12,19H,3-4,6-7,9-10H2,1-2H3,(H,16,20);2*1H,(H,2,3)/t11-,12+;;/m1../s1. The number of aryl methyl sites for hydroxylation is 1. The Labute approximate surface area is 157 Å². The Hall–Kier alpha value is -2.50. The summed E-state index contributed by atoms with van der Waals surface area (Å²) in [6.45, 7) is 1.88. The van der Waals surface area contributed by atoms with Crippen LogP contribution in [0.3, 0.4) is 0 Å². The summed E-state index contributed by atoms with van der Waals surface area (Å²) in [5.74, 6) is 0.855. The van der Waals surface area contributed by atoms with E-state index in [2.05, 4.69) is 15.2 Å². The molecule has 0 aliphatic carbocycles. The molecular formula is C16H28N4O7. The molecule has 11 heteroatoms. The van der Waals surface area contributed by atoms with Crippen molar-refractivity contribution in [2.45, 2.75) is 25.0 Å². The molecule has 0 spiro atoms. The Morgan fingerprint density at radius 2 is 2.04 bits per heavy atom. The number of piperidine rings is 1. The number of rotatable bonds is 6. The monoisotopic (exact) mass is 388 g/mol. The second kappa shape index (κ2) is 14.6. The van der Waals surface area contributed by atoms with E-state index in [0.29, 0.717) is 13.0 Å². The summed E-state index contributed by atoms with van der Waals surface area (Å²) in [7, 11) is 3.46. The van der Waals surface area contributed by atoms with Crippen molar-refractivity contribution in [2.24, 2.45) is 7.05 Å². The first-order valence-corrected chi connectivity index (χ1v) is 8.24. The fraction of sp³-hybridized carbons (Fsp3) is 0.625. The fourth-order valence-corrected chi connectivity index (χ4v) is 2.63. The molecule has 1 amide bonds. The maximum absolute atomic E-state index is 11.6. The summed E-state index contributed by atoms with van der Waals surface area (Å²) >= 11 is 0. The molecule has 154 valence electrons. The van der Waals surface area contributed by atoms with Crippen LogP contribution in [0.1, 0.15) is 12.2 Å². The third-order valence-electron chi connectivity index (χ3n) is 3.85. The number of methoxy groups -OCH3 is 1. The lowest BCUT2D eigenvalue weighted by atomic mass is 10.0. The van der Waals surface area contributed by atoms with Crippen LogP contribution in [0, 0.1) is 0 Å². The van der Waals surface area contributed by atoms with E-state index in [9.17, 15) is 9.90 Å². The Bertz CT molecular complexity index is 547. The van der Waals surface area contributed by atoms with Gasteiger partial charge in [-0.15, -0.1) is 0 Å². The first-order chi connectivity index (χ1) is 12.9. The molecule has 1 aromatic rings. The van der Waals surface area contributed by atoms with Crippen LogP contribution in [0.5, 0.6) is 0 Å². The summed E-state index contributed by atoms with van der Waals surface area (Å²) in [5, 5.41) is 26.6. The number of aromatic nitrogens is 2. The van der Waals surface area contributed by atoms with Crippen molar-refractivity contribution in [1.82, 2.24) is 19.8 Å². The average molecular weight is 388 g/mol. The molecule has 1 fully saturated rings. The van der Waals surface area contributed by atoms with Crippen LogP contribution in [-0.4, -0.2) is 94.1 Å². The molecule has 0 bridgehead atoms. The van der Waals surface area contributed by atoms with Crippen LogP contribution in [0.4, 0.5) is 0 Å². The Balaban J connectivity index is 0.000000997. The van der Waals surface area contributed by atoms with Gasteiger partial charge in [-0.25, -0.2) is 4.98 Å². The van der Waals surface area contributed by atoms with Crippen LogP contribution >= 0.6 is 0 Å². The van der Waals surface area contributed by atoms with Gasteiger partial charge in [0.2, 0.25) is 5.91 Å². The number of likely N-dealkylation sites (tertiary alicyclic amines) is 1. The smallest absolute Gasteiger partial charge is 0.290 e. The Morgan fingerprint density at radius 1 is 1.41 bits per heavy atom. The second-order valence-corrected chi connectivity index (χ2v) is 5.68. The molecule has 2 rings (SSSR count). The van der Waals surface area contributed by atoms with E-state index >= 15 is 0 Å². The molecule has 0 radical (unpaired) electrons. The molecule has 0 saturated carbocycles. The summed E-state index contributed by atoms with van der Waals surface area (Å²) in [4.78, 5) is 34.9. The van der Waals surface area contributed by atoms with Gasteiger partial charge in [0.05, 0.1) is 12.1 Å². The van der Waals surface area contributed by atoms with Crippen molar-refractivity contribution in [3.05, 3.63) is 18.2 Å². The fourth-order valence-electron chi connectivity index (χ4n) is 2.63. The number of hydrogen-bond donors (Lipinski definition) is 4. The summed E-state index contributed by atoms with van der Waals surface area (Å²) in [6, 6.07) is -0.234. The lowest BCUT2D eigenvalue weighted by Gasteiger charge is -2.36. The number of carbonyl (C=O) groups excluding carboxylic acids is 1. The van der Waals surface area contributed by atoms with Gasteiger partial charge in [0, 0.05) is 52.6 Å².